The molecule has 0 fully saturated rings. The van der Waals surface area contributed by atoms with Crippen LogP contribution < -0.4 is 16.6 Å². The van der Waals surface area contributed by atoms with Crippen molar-refractivity contribution < 1.29 is 24.6 Å². The van der Waals surface area contributed by atoms with Gasteiger partial charge in [-0.3, -0.25) is 14.4 Å². The molecule has 142 valence electrons. The number of halogens is 1. The number of aromatic hydroxyl groups is 1. The van der Waals surface area contributed by atoms with Crippen LogP contribution in [0, 0.1) is 0 Å². The summed E-state index contributed by atoms with van der Waals surface area (Å²) in [5.41, 5.74) is 4.09. The van der Waals surface area contributed by atoms with Crippen molar-refractivity contribution in [1.29, 1.82) is 0 Å². The summed E-state index contributed by atoms with van der Waals surface area (Å²) < 4.78 is 1.65. The number of aliphatic carboxylic acids is 1. The number of aromatic nitrogens is 2. The molecule has 2 rings (SSSR count). The van der Waals surface area contributed by atoms with E-state index in [1.54, 1.807) is 24.3 Å². The molecule has 0 spiro atoms. The summed E-state index contributed by atoms with van der Waals surface area (Å²) in [5, 5.41) is 25.0. The summed E-state index contributed by atoms with van der Waals surface area (Å²) in [6.07, 6.45) is -0.488. The van der Waals surface area contributed by atoms with E-state index in [0.29, 0.717) is 5.69 Å². The van der Waals surface area contributed by atoms with E-state index in [1.165, 1.54) is 0 Å². The number of rotatable bonds is 7. The van der Waals surface area contributed by atoms with E-state index in [2.05, 4.69) is 26.3 Å². The van der Waals surface area contributed by atoms with Gasteiger partial charge in [-0.2, -0.15) is 9.78 Å². The van der Waals surface area contributed by atoms with Crippen LogP contribution in [-0.4, -0.2) is 43.8 Å². The van der Waals surface area contributed by atoms with Crippen LogP contribution in [0.3, 0.4) is 0 Å². The standard InChI is InChI=1S/C16H15BrN4O6/c17-8-1-3-9(4-2-8)21-13(24)7-11(22)14(20-21)15(25)19-10(16(26)27)5-6-12(18)23/h1-4,7,10,22H,5-6H2,(H2,18,23)(H,19,25)(H,26,27). The van der Waals surface area contributed by atoms with Gasteiger partial charge in [0.2, 0.25) is 5.91 Å². The number of benzene rings is 1. The third-order valence-electron chi connectivity index (χ3n) is 3.48. The molecule has 1 aromatic carbocycles. The van der Waals surface area contributed by atoms with Gasteiger partial charge in [-0.05, 0) is 30.7 Å². The number of hydrogen-bond donors (Lipinski definition) is 4. The van der Waals surface area contributed by atoms with Crippen molar-refractivity contribution >= 4 is 33.7 Å². The zero-order valence-electron chi connectivity index (χ0n) is 13.8. The summed E-state index contributed by atoms with van der Waals surface area (Å²) in [7, 11) is 0. The smallest absolute Gasteiger partial charge is 0.326 e. The highest BCUT2D eigenvalue weighted by molar-refractivity contribution is 9.10. The molecule has 0 aliphatic carbocycles. The molecule has 5 N–H and O–H groups in total. The van der Waals surface area contributed by atoms with Crippen LogP contribution in [0.5, 0.6) is 5.75 Å². The zero-order chi connectivity index (χ0) is 20.1. The summed E-state index contributed by atoms with van der Waals surface area (Å²) in [5.74, 6) is -3.83. The Labute approximate surface area is 160 Å². The second kappa shape index (κ2) is 8.45. The van der Waals surface area contributed by atoms with Crippen LogP contribution in [-0.2, 0) is 9.59 Å². The first kappa shape index (κ1) is 20.1. The van der Waals surface area contributed by atoms with Crippen molar-refractivity contribution in [2.24, 2.45) is 5.73 Å². The van der Waals surface area contributed by atoms with Crippen molar-refractivity contribution in [1.82, 2.24) is 15.1 Å². The molecule has 1 heterocycles. The summed E-state index contributed by atoms with van der Waals surface area (Å²) in [6, 6.07) is 5.80. The van der Waals surface area contributed by atoms with Gasteiger partial charge in [-0.15, -0.1) is 0 Å². The first-order valence-corrected chi connectivity index (χ1v) is 8.39. The molecule has 10 nitrogen and oxygen atoms in total. The Kier molecular flexibility index (Phi) is 6.29. The average molecular weight is 439 g/mol. The van der Waals surface area contributed by atoms with Crippen LogP contribution in [0.4, 0.5) is 0 Å². The van der Waals surface area contributed by atoms with Crippen molar-refractivity contribution in [2.75, 3.05) is 0 Å². The van der Waals surface area contributed by atoms with Crippen molar-refractivity contribution in [3.05, 3.63) is 50.9 Å². The highest BCUT2D eigenvalue weighted by Crippen LogP contribution is 2.15. The maximum atomic E-state index is 12.3. The van der Waals surface area contributed by atoms with Crippen molar-refractivity contribution in [2.45, 2.75) is 18.9 Å². The van der Waals surface area contributed by atoms with E-state index in [9.17, 15) is 24.3 Å². The minimum Gasteiger partial charge on any atom is -0.505 e. The Bertz CT molecular complexity index is 941. The van der Waals surface area contributed by atoms with Crippen LogP contribution in [0.25, 0.3) is 5.69 Å². The summed E-state index contributed by atoms with van der Waals surface area (Å²) >= 11 is 3.25. The molecule has 0 aliphatic rings. The molecule has 1 unspecified atom stereocenters. The predicted molar refractivity (Wildman–Crippen MR) is 96.5 cm³/mol. The van der Waals surface area contributed by atoms with Gasteiger partial charge in [0.05, 0.1) is 5.69 Å². The number of hydrogen-bond acceptors (Lipinski definition) is 6. The van der Waals surface area contributed by atoms with E-state index in [-0.39, 0.29) is 12.8 Å². The lowest BCUT2D eigenvalue weighted by Crippen LogP contribution is -2.42. The van der Waals surface area contributed by atoms with Gasteiger partial charge >= 0.3 is 5.97 Å². The first-order valence-electron chi connectivity index (χ1n) is 7.60. The van der Waals surface area contributed by atoms with Crippen molar-refractivity contribution in [3.63, 3.8) is 0 Å². The minimum atomic E-state index is -1.42. The number of nitrogens with two attached hydrogens (primary N) is 1. The van der Waals surface area contributed by atoms with Gasteiger partial charge in [0, 0.05) is 17.0 Å². The first-order chi connectivity index (χ1) is 12.7. The number of amides is 2. The number of carboxylic acid groups (broad SMARTS) is 1. The molecule has 0 saturated carbocycles. The fourth-order valence-corrected chi connectivity index (χ4v) is 2.41. The lowest BCUT2D eigenvalue weighted by molar-refractivity contribution is -0.139. The largest absolute Gasteiger partial charge is 0.505 e. The number of carbonyl (C=O) groups excluding carboxylic acids is 2. The topological polar surface area (TPSA) is 165 Å². The van der Waals surface area contributed by atoms with Crippen LogP contribution in [0.1, 0.15) is 23.3 Å². The Morgan fingerprint density at radius 1 is 1.26 bits per heavy atom. The van der Waals surface area contributed by atoms with Crippen molar-refractivity contribution in [3.8, 4) is 11.4 Å². The molecule has 0 bridgehead atoms. The fraction of sp³-hybridized carbons (Fsp3) is 0.188. The predicted octanol–water partition coefficient (Wildman–Crippen LogP) is 0.149. The van der Waals surface area contributed by atoms with Crippen LogP contribution in [0.2, 0.25) is 0 Å². The van der Waals surface area contributed by atoms with E-state index >= 15 is 0 Å². The summed E-state index contributed by atoms with van der Waals surface area (Å²) in [4.78, 5) is 46.4. The average Bonchev–Trinajstić information content (AvgIpc) is 2.59. The van der Waals surface area contributed by atoms with Gasteiger partial charge in [-0.1, -0.05) is 15.9 Å². The molecule has 1 aromatic heterocycles. The fourth-order valence-electron chi connectivity index (χ4n) is 2.15. The maximum Gasteiger partial charge on any atom is 0.326 e. The lowest BCUT2D eigenvalue weighted by atomic mass is 10.1. The van der Waals surface area contributed by atoms with E-state index in [4.69, 9.17) is 10.8 Å². The van der Waals surface area contributed by atoms with E-state index in [1.807, 2.05) is 0 Å². The molecule has 2 amide bonds. The maximum absolute atomic E-state index is 12.3. The SMILES string of the molecule is NC(=O)CCC(NC(=O)c1nn(-c2ccc(Br)cc2)c(=O)cc1O)C(=O)O. The molecule has 0 saturated heterocycles. The molecular weight excluding hydrogens is 424 g/mol. The zero-order valence-corrected chi connectivity index (χ0v) is 15.3. The highest BCUT2D eigenvalue weighted by atomic mass is 79.9. The van der Waals surface area contributed by atoms with E-state index < -0.39 is 40.8 Å². The quantitative estimate of drug-likeness (QED) is 0.477. The monoisotopic (exact) mass is 438 g/mol. The highest BCUT2D eigenvalue weighted by Gasteiger charge is 2.24. The van der Waals surface area contributed by atoms with Gasteiger partial charge in [0.1, 0.15) is 6.04 Å². The van der Waals surface area contributed by atoms with Gasteiger partial charge in [-0.25, -0.2) is 4.79 Å². The van der Waals surface area contributed by atoms with Crippen LogP contribution >= 0.6 is 15.9 Å². The second-order valence-electron chi connectivity index (χ2n) is 5.47. The molecule has 27 heavy (non-hydrogen) atoms. The van der Waals surface area contributed by atoms with Gasteiger partial charge in [0.15, 0.2) is 11.4 Å². The lowest BCUT2D eigenvalue weighted by Gasteiger charge is -2.14. The Morgan fingerprint density at radius 2 is 1.89 bits per heavy atom. The number of nitrogens with zero attached hydrogens (tertiary/aromatic N) is 2. The second-order valence-corrected chi connectivity index (χ2v) is 6.39. The van der Waals surface area contributed by atoms with E-state index in [0.717, 1.165) is 15.2 Å². The van der Waals surface area contributed by atoms with Crippen LogP contribution in [0.15, 0.2) is 39.6 Å². The molecular formula is C16H15BrN4O6. The summed E-state index contributed by atoms with van der Waals surface area (Å²) in [6.45, 7) is 0. The molecule has 0 radical (unpaired) electrons. The number of carbonyl (C=O) groups is 3. The van der Waals surface area contributed by atoms with Gasteiger partial charge < -0.3 is 21.3 Å². The Morgan fingerprint density at radius 3 is 2.44 bits per heavy atom. The Balaban J connectivity index is 2.33. The number of nitrogens with one attached hydrogen (secondary N) is 1. The molecule has 0 aliphatic heterocycles. The van der Waals surface area contributed by atoms with Gasteiger partial charge in [0.25, 0.3) is 11.5 Å². The molecule has 2 aromatic rings. The Hall–Kier alpha value is -3.21. The number of primary amides is 1. The minimum absolute atomic E-state index is 0.233. The normalized spacial score (nSPS) is 11.6. The molecule has 1 atom stereocenters. The molecule has 11 heteroatoms. The third-order valence-corrected chi connectivity index (χ3v) is 4.01. The number of carboxylic acids is 1. The third kappa shape index (κ3) is 5.14.